The van der Waals surface area contributed by atoms with Crippen LogP contribution in [0.25, 0.3) is 0 Å². The second-order valence-corrected chi connectivity index (χ2v) is 11.9. The predicted molar refractivity (Wildman–Crippen MR) is 121 cm³/mol. The monoisotopic (exact) mass is 489 g/mol. The van der Waals surface area contributed by atoms with Crippen LogP contribution >= 0.6 is 0 Å². The molecule has 2 aromatic carbocycles. The van der Waals surface area contributed by atoms with Crippen LogP contribution in [-0.4, -0.2) is 52.3 Å². The van der Waals surface area contributed by atoms with Gasteiger partial charge in [0.15, 0.2) is 15.6 Å². The molecule has 0 spiro atoms. The topological polar surface area (TPSA) is 111 Å². The average Bonchev–Trinajstić information content (AvgIpc) is 3.45. The summed E-state index contributed by atoms with van der Waals surface area (Å²) in [5.74, 6) is -0.229. The van der Waals surface area contributed by atoms with Crippen LogP contribution in [0.5, 0.6) is 5.75 Å². The highest BCUT2D eigenvalue weighted by Gasteiger charge is 2.36. The second kappa shape index (κ2) is 9.03. The van der Waals surface area contributed by atoms with Gasteiger partial charge in [-0.15, -0.1) is 0 Å². The zero-order chi connectivity index (χ0) is 23.6. The van der Waals surface area contributed by atoms with Crippen molar-refractivity contribution in [3.05, 3.63) is 78.1 Å². The molecule has 0 radical (unpaired) electrons. The zero-order valence-corrected chi connectivity index (χ0v) is 19.5. The molecule has 1 aliphatic rings. The van der Waals surface area contributed by atoms with Crippen molar-refractivity contribution in [3.63, 3.8) is 0 Å². The number of methoxy groups -OCH3 is 1. The molecule has 1 fully saturated rings. The lowest BCUT2D eigenvalue weighted by molar-refractivity contribution is 0.0642. The Balaban J connectivity index is 1.64. The van der Waals surface area contributed by atoms with E-state index in [1.807, 2.05) is 0 Å². The Morgan fingerprint density at radius 2 is 1.76 bits per heavy atom. The minimum absolute atomic E-state index is 0.00412. The first-order valence-electron chi connectivity index (χ1n) is 10.2. The van der Waals surface area contributed by atoms with Crippen LogP contribution in [0, 0.1) is 0 Å². The van der Waals surface area contributed by atoms with Crippen molar-refractivity contribution in [1.82, 2.24) is 4.90 Å². The first-order valence-corrected chi connectivity index (χ1v) is 13.5. The van der Waals surface area contributed by atoms with E-state index in [-0.39, 0.29) is 33.8 Å². The summed E-state index contributed by atoms with van der Waals surface area (Å²) in [6.45, 7) is 0.143. The first-order chi connectivity index (χ1) is 15.7. The van der Waals surface area contributed by atoms with Crippen molar-refractivity contribution in [1.29, 1.82) is 0 Å². The molecule has 0 saturated carbocycles. The Morgan fingerprint density at radius 1 is 1.06 bits per heavy atom. The number of benzene rings is 2. The Kier molecular flexibility index (Phi) is 6.31. The summed E-state index contributed by atoms with van der Waals surface area (Å²) in [6, 6.07) is 16.9. The predicted octanol–water partition coefficient (Wildman–Crippen LogP) is 2.95. The van der Waals surface area contributed by atoms with Crippen LogP contribution in [-0.2, 0) is 26.2 Å². The molecular weight excluding hydrogens is 466 g/mol. The van der Waals surface area contributed by atoms with E-state index in [0.29, 0.717) is 12.2 Å². The molecule has 0 N–H and O–H groups in total. The number of amides is 1. The van der Waals surface area contributed by atoms with Crippen LogP contribution in [0.4, 0.5) is 0 Å². The molecule has 3 aromatic rings. The van der Waals surface area contributed by atoms with Gasteiger partial charge in [0.25, 0.3) is 5.91 Å². The summed E-state index contributed by atoms with van der Waals surface area (Å²) >= 11 is 0. The van der Waals surface area contributed by atoms with Crippen LogP contribution in [0.1, 0.15) is 22.5 Å². The number of carbonyl (C=O) groups excluding carboxylic acids is 1. The molecule has 10 heteroatoms. The SMILES string of the molecule is COc1ccc(CN(C(=O)c2ccc(S(=O)(=O)c3ccccc3)o2)[C@@H]2CCS(=O)(=O)C2)cc1. The fourth-order valence-corrected chi connectivity index (χ4v) is 6.68. The number of ether oxygens (including phenoxy) is 1. The number of nitrogens with zero attached hydrogens (tertiary/aromatic N) is 1. The number of carbonyl (C=O) groups is 1. The van der Waals surface area contributed by atoms with Gasteiger partial charge in [-0.3, -0.25) is 4.79 Å². The maximum Gasteiger partial charge on any atom is 0.290 e. The van der Waals surface area contributed by atoms with E-state index >= 15 is 0 Å². The van der Waals surface area contributed by atoms with E-state index in [1.165, 1.54) is 29.2 Å². The first kappa shape index (κ1) is 23.1. The van der Waals surface area contributed by atoms with Crippen molar-refractivity contribution in [2.24, 2.45) is 0 Å². The van der Waals surface area contributed by atoms with Crippen molar-refractivity contribution < 1.29 is 30.8 Å². The Morgan fingerprint density at radius 3 is 2.36 bits per heavy atom. The van der Waals surface area contributed by atoms with Gasteiger partial charge < -0.3 is 14.1 Å². The minimum Gasteiger partial charge on any atom is -0.497 e. The van der Waals surface area contributed by atoms with Gasteiger partial charge in [0, 0.05) is 12.6 Å². The standard InChI is InChI=1S/C23H23NO7S2/c1-30-19-9-7-17(8-10-19)15-24(18-13-14-32(26,27)16-18)23(25)21-11-12-22(31-21)33(28,29)20-5-3-2-4-6-20/h2-12,18H,13-16H2,1H3/t18-/m1/s1. The molecule has 4 rings (SSSR count). The van der Waals surface area contributed by atoms with Gasteiger partial charge in [-0.25, -0.2) is 16.8 Å². The summed E-state index contributed by atoms with van der Waals surface area (Å²) in [5.41, 5.74) is 0.775. The van der Waals surface area contributed by atoms with Gasteiger partial charge in [0.2, 0.25) is 14.9 Å². The van der Waals surface area contributed by atoms with Gasteiger partial charge in [-0.05, 0) is 48.4 Å². The average molecular weight is 490 g/mol. The number of hydrogen-bond donors (Lipinski definition) is 0. The second-order valence-electron chi connectivity index (χ2n) is 7.77. The van der Waals surface area contributed by atoms with Crippen LogP contribution in [0.3, 0.4) is 0 Å². The molecule has 0 unspecified atom stereocenters. The van der Waals surface area contributed by atoms with E-state index in [2.05, 4.69) is 0 Å². The third-order valence-electron chi connectivity index (χ3n) is 5.53. The van der Waals surface area contributed by atoms with Gasteiger partial charge in [0.1, 0.15) is 5.75 Å². The zero-order valence-electron chi connectivity index (χ0n) is 17.9. The third-order valence-corrected chi connectivity index (χ3v) is 8.92. The molecule has 1 aliphatic heterocycles. The van der Waals surface area contributed by atoms with Gasteiger partial charge in [-0.2, -0.15) is 0 Å². The number of hydrogen-bond acceptors (Lipinski definition) is 7. The smallest absolute Gasteiger partial charge is 0.290 e. The van der Waals surface area contributed by atoms with E-state index in [0.717, 1.165) is 5.56 Å². The molecular formula is C23H23NO7S2. The fraction of sp³-hybridized carbons (Fsp3) is 0.261. The number of furan rings is 1. The highest BCUT2D eigenvalue weighted by Crippen LogP contribution is 2.27. The quantitative estimate of drug-likeness (QED) is 0.502. The van der Waals surface area contributed by atoms with Crippen molar-refractivity contribution in [3.8, 4) is 5.75 Å². The summed E-state index contributed by atoms with van der Waals surface area (Å²) in [7, 11) is -5.63. The molecule has 0 aliphatic carbocycles. The fourth-order valence-electron chi connectivity index (χ4n) is 3.75. The van der Waals surface area contributed by atoms with Crippen molar-refractivity contribution in [2.45, 2.75) is 29.0 Å². The maximum atomic E-state index is 13.4. The summed E-state index contributed by atoms with van der Waals surface area (Å²) < 4.78 is 60.4. The Hall–Kier alpha value is -3.11. The Bertz CT molecular complexity index is 1350. The molecule has 174 valence electrons. The number of rotatable bonds is 7. The number of sulfone groups is 2. The van der Waals surface area contributed by atoms with Gasteiger partial charge in [0.05, 0.1) is 23.5 Å². The van der Waals surface area contributed by atoms with Crippen LogP contribution < -0.4 is 4.74 Å². The van der Waals surface area contributed by atoms with E-state index in [1.54, 1.807) is 49.6 Å². The lowest BCUT2D eigenvalue weighted by Crippen LogP contribution is -2.40. The molecule has 2 heterocycles. The van der Waals surface area contributed by atoms with Crippen molar-refractivity contribution in [2.75, 3.05) is 18.6 Å². The normalized spacial score (nSPS) is 17.5. The molecule has 1 saturated heterocycles. The maximum absolute atomic E-state index is 13.4. The minimum atomic E-state index is -3.93. The summed E-state index contributed by atoms with van der Waals surface area (Å²) in [6.07, 6.45) is 0.306. The Labute approximate surface area is 192 Å². The molecule has 0 bridgehead atoms. The highest BCUT2D eigenvalue weighted by molar-refractivity contribution is 7.91. The van der Waals surface area contributed by atoms with E-state index in [9.17, 15) is 21.6 Å². The van der Waals surface area contributed by atoms with Crippen LogP contribution in [0.15, 0.2) is 81.1 Å². The third kappa shape index (κ3) is 4.96. The molecule has 1 atom stereocenters. The largest absolute Gasteiger partial charge is 0.497 e. The molecule has 1 aromatic heterocycles. The van der Waals surface area contributed by atoms with E-state index in [4.69, 9.17) is 9.15 Å². The molecule has 33 heavy (non-hydrogen) atoms. The molecule has 1 amide bonds. The summed E-state index contributed by atoms with van der Waals surface area (Å²) in [5, 5.41) is -0.347. The molecule has 8 nitrogen and oxygen atoms in total. The summed E-state index contributed by atoms with van der Waals surface area (Å²) in [4.78, 5) is 14.9. The van der Waals surface area contributed by atoms with Crippen LogP contribution in [0.2, 0.25) is 0 Å². The lowest BCUT2D eigenvalue weighted by Gasteiger charge is -2.27. The highest BCUT2D eigenvalue weighted by atomic mass is 32.2. The van der Waals surface area contributed by atoms with Crippen molar-refractivity contribution >= 4 is 25.6 Å². The van der Waals surface area contributed by atoms with Gasteiger partial charge >= 0.3 is 0 Å². The van der Waals surface area contributed by atoms with Gasteiger partial charge in [-0.1, -0.05) is 30.3 Å². The lowest BCUT2D eigenvalue weighted by atomic mass is 10.1. The van der Waals surface area contributed by atoms with E-state index < -0.39 is 31.6 Å².